The third kappa shape index (κ3) is 3.76. The second-order valence-corrected chi connectivity index (χ2v) is 3.45. The normalized spacial score (nSPS) is 9.72. The Balaban J connectivity index is 2.81. The highest BCUT2D eigenvalue weighted by Crippen LogP contribution is 2.24. The predicted molar refractivity (Wildman–Crippen MR) is 64.3 cm³/mol. The Kier molecular flexibility index (Phi) is 5.17. The van der Waals surface area contributed by atoms with Crippen molar-refractivity contribution >= 4 is 11.9 Å². The molecule has 0 N–H and O–H groups in total. The number of rotatable bonds is 5. The van der Waals surface area contributed by atoms with E-state index in [9.17, 15) is 9.59 Å². The Hall–Kier alpha value is -2.04. The quantitative estimate of drug-likeness (QED) is 0.586. The van der Waals surface area contributed by atoms with Gasteiger partial charge >= 0.3 is 11.9 Å². The van der Waals surface area contributed by atoms with E-state index in [-0.39, 0.29) is 12.8 Å². The van der Waals surface area contributed by atoms with Crippen molar-refractivity contribution in [1.82, 2.24) is 0 Å². The zero-order valence-corrected chi connectivity index (χ0v) is 10.4. The minimum absolute atomic E-state index is 0.0634. The van der Waals surface area contributed by atoms with Gasteiger partial charge in [0, 0.05) is 12.0 Å². The lowest BCUT2D eigenvalue weighted by atomic mass is 10.1. The van der Waals surface area contributed by atoms with Gasteiger partial charge in [-0.2, -0.15) is 0 Å². The molecule has 0 bridgehead atoms. The Morgan fingerprint density at radius 2 is 1.89 bits per heavy atom. The van der Waals surface area contributed by atoms with Gasteiger partial charge in [0.2, 0.25) is 0 Å². The molecule has 1 radical (unpaired) electrons. The molecule has 0 heterocycles. The lowest BCUT2D eigenvalue weighted by molar-refractivity contribution is -0.158. The van der Waals surface area contributed by atoms with E-state index in [0.717, 1.165) is 0 Å². The van der Waals surface area contributed by atoms with Gasteiger partial charge in [-0.05, 0) is 25.1 Å². The topological polar surface area (TPSA) is 61.8 Å². The average molecular weight is 251 g/mol. The summed E-state index contributed by atoms with van der Waals surface area (Å²) in [5.74, 6) is -0.158. The van der Waals surface area contributed by atoms with Crippen LogP contribution < -0.4 is 9.47 Å². The third-order valence-electron chi connectivity index (χ3n) is 2.25. The van der Waals surface area contributed by atoms with E-state index in [1.165, 1.54) is 14.2 Å². The first kappa shape index (κ1) is 14.0. The van der Waals surface area contributed by atoms with Crippen LogP contribution in [-0.4, -0.2) is 26.2 Å². The van der Waals surface area contributed by atoms with Crippen LogP contribution in [0, 0.1) is 6.92 Å². The van der Waals surface area contributed by atoms with Gasteiger partial charge in [-0.15, -0.1) is 0 Å². The fourth-order valence-electron chi connectivity index (χ4n) is 1.39. The van der Waals surface area contributed by atoms with Crippen LogP contribution >= 0.6 is 0 Å². The van der Waals surface area contributed by atoms with E-state index < -0.39 is 11.9 Å². The van der Waals surface area contributed by atoms with Crippen molar-refractivity contribution in [2.45, 2.75) is 12.8 Å². The van der Waals surface area contributed by atoms with E-state index in [1.807, 2.05) is 0 Å². The SMILES string of the molecule is [CH2]CC(=O)OC(=O)Cc1cc(OC)ccc1OC. The van der Waals surface area contributed by atoms with Crippen LogP contribution in [0.5, 0.6) is 11.5 Å². The van der Waals surface area contributed by atoms with E-state index >= 15 is 0 Å². The highest BCUT2D eigenvalue weighted by molar-refractivity contribution is 5.87. The third-order valence-corrected chi connectivity index (χ3v) is 2.25. The summed E-state index contributed by atoms with van der Waals surface area (Å²) in [5, 5.41) is 0. The summed E-state index contributed by atoms with van der Waals surface area (Å²) in [5.41, 5.74) is 0.596. The van der Waals surface area contributed by atoms with E-state index in [4.69, 9.17) is 9.47 Å². The van der Waals surface area contributed by atoms with Gasteiger partial charge in [0.05, 0.1) is 20.6 Å². The van der Waals surface area contributed by atoms with Gasteiger partial charge in [-0.3, -0.25) is 9.59 Å². The Bertz CT molecular complexity index is 439. The van der Waals surface area contributed by atoms with Crippen LogP contribution in [0.25, 0.3) is 0 Å². The highest BCUT2D eigenvalue weighted by atomic mass is 16.6. The first-order valence-electron chi connectivity index (χ1n) is 5.34. The molecule has 0 unspecified atom stereocenters. The molecule has 0 spiro atoms. The van der Waals surface area contributed by atoms with E-state index in [2.05, 4.69) is 11.7 Å². The molecule has 1 aromatic rings. The van der Waals surface area contributed by atoms with Gasteiger partial charge < -0.3 is 14.2 Å². The number of carbonyl (C=O) groups excluding carboxylic acids is 2. The highest BCUT2D eigenvalue weighted by Gasteiger charge is 2.13. The molecular weight excluding hydrogens is 236 g/mol. The number of carbonyl (C=O) groups is 2. The summed E-state index contributed by atoms with van der Waals surface area (Å²) in [4.78, 5) is 22.4. The van der Waals surface area contributed by atoms with E-state index in [0.29, 0.717) is 17.1 Å². The second-order valence-electron chi connectivity index (χ2n) is 3.45. The minimum atomic E-state index is -0.651. The average Bonchev–Trinajstić information content (AvgIpc) is 2.38. The first-order chi connectivity index (χ1) is 8.60. The molecule has 0 aliphatic carbocycles. The molecule has 0 fully saturated rings. The first-order valence-corrected chi connectivity index (χ1v) is 5.34. The molecule has 0 saturated heterocycles. The number of esters is 2. The fourth-order valence-corrected chi connectivity index (χ4v) is 1.39. The van der Waals surface area contributed by atoms with Crippen LogP contribution in [0.2, 0.25) is 0 Å². The summed E-state index contributed by atoms with van der Waals surface area (Å²) < 4.78 is 14.7. The molecule has 0 amide bonds. The number of hydrogen-bond acceptors (Lipinski definition) is 5. The standard InChI is InChI=1S/C13H15O5/c1-4-12(14)18-13(15)8-9-7-10(16-2)5-6-11(9)17-3/h5-7H,1,4,8H2,2-3H3. The maximum atomic E-state index is 11.5. The zero-order chi connectivity index (χ0) is 13.5. The summed E-state index contributed by atoms with van der Waals surface area (Å²) in [6.07, 6.45) is -0.146. The van der Waals surface area contributed by atoms with Gasteiger partial charge in [0.25, 0.3) is 0 Å². The lowest BCUT2D eigenvalue weighted by Gasteiger charge is -2.09. The molecule has 0 saturated carbocycles. The molecule has 0 aromatic heterocycles. The molecule has 5 nitrogen and oxygen atoms in total. The molecular formula is C13H15O5. The van der Waals surface area contributed by atoms with Crippen molar-refractivity contribution in [2.75, 3.05) is 14.2 Å². The number of methoxy groups -OCH3 is 2. The largest absolute Gasteiger partial charge is 0.497 e. The lowest BCUT2D eigenvalue weighted by Crippen LogP contribution is -2.14. The van der Waals surface area contributed by atoms with Crippen LogP contribution in [0.15, 0.2) is 18.2 Å². The summed E-state index contributed by atoms with van der Waals surface area (Å²) in [6.45, 7) is 3.34. The van der Waals surface area contributed by atoms with Gasteiger partial charge in [0.15, 0.2) is 0 Å². The fraction of sp³-hybridized carbons (Fsp3) is 0.308. The molecule has 97 valence electrons. The molecule has 1 aromatic carbocycles. The maximum Gasteiger partial charge on any atom is 0.318 e. The summed E-state index contributed by atoms with van der Waals surface area (Å²) >= 11 is 0. The molecule has 5 heteroatoms. The Labute approximate surface area is 106 Å². The number of ether oxygens (including phenoxy) is 3. The zero-order valence-electron chi connectivity index (χ0n) is 10.4. The number of benzene rings is 1. The van der Waals surface area contributed by atoms with Gasteiger partial charge in [-0.25, -0.2) is 0 Å². The Morgan fingerprint density at radius 3 is 2.44 bits per heavy atom. The maximum absolute atomic E-state index is 11.5. The van der Waals surface area contributed by atoms with Crippen LogP contribution in [0.4, 0.5) is 0 Å². The van der Waals surface area contributed by atoms with E-state index in [1.54, 1.807) is 18.2 Å². The monoisotopic (exact) mass is 251 g/mol. The second kappa shape index (κ2) is 6.64. The molecule has 0 aliphatic rings. The predicted octanol–water partition coefficient (Wildman–Crippen LogP) is 1.54. The van der Waals surface area contributed by atoms with Crippen molar-refractivity contribution in [1.29, 1.82) is 0 Å². The summed E-state index contributed by atoms with van der Waals surface area (Å²) in [7, 11) is 3.02. The van der Waals surface area contributed by atoms with Crippen molar-refractivity contribution in [2.24, 2.45) is 0 Å². The van der Waals surface area contributed by atoms with Gasteiger partial charge in [0.1, 0.15) is 11.5 Å². The van der Waals surface area contributed by atoms with Crippen LogP contribution in [0.1, 0.15) is 12.0 Å². The number of hydrogen-bond donors (Lipinski definition) is 0. The van der Waals surface area contributed by atoms with Crippen LogP contribution in [0.3, 0.4) is 0 Å². The smallest absolute Gasteiger partial charge is 0.318 e. The van der Waals surface area contributed by atoms with Gasteiger partial charge in [-0.1, -0.05) is 0 Å². The van der Waals surface area contributed by atoms with Crippen LogP contribution in [-0.2, 0) is 20.7 Å². The van der Waals surface area contributed by atoms with Crippen molar-refractivity contribution in [3.05, 3.63) is 30.7 Å². The molecule has 0 aliphatic heterocycles. The molecule has 1 rings (SSSR count). The van der Waals surface area contributed by atoms with Crippen molar-refractivity contribution < 1.29 is 23.8 Å². The summed E-state index contributed by atoms with van der Waals surface area (Å²) in [6, 6.07) is 5.06. The minimum Gasteiger partial charge on any atom is -0.497 e. The molecule has 18 heavy (non-hydrogen) atoms. The van der Waals surface area contributed by atoms with Crippen molar-refractivity contribution in [3.8, 4) is 11.5 Å². The molecule has 0 atom stereocenters. The Morgan fingerprint density at radius 1 is 1.17 bits per heavy atom. The van der Waals surface area contributed by atoms with Crippen molar-refractivity contribution in [3.63, 3.8) is 0 Å².